The summed E-state index contributed by atoms with van der Waals surface area (Å²) in [7, 11) is 0. The van der Waals surface area contributed by atoms with Crippen LogP contribution in [0.2, 0.25) is 0 Å². The maximum Gasteiger partial charge on any atom is 0.159 e. The zero-order valence-electron chi connectivity index (χ0n) is 31.2. The first-order valence-electron chi connectivity index (χ1n) is 19.8. The van der Waals surface area contributed by atoms with Crippen molar-refractivity contribution in [2.45, 2.75) is 0 Å². The minimum absolute atomic E-state index is 0.853. The zero-order chi connectivity index (χ0) is 37.9. The largest absolute Gasteiger partial charge is 0.455 e. The van der Waals surface area contributed by atoms with Crippen molar-refractivity contribution >= 4 is 87.5 Å². The number of hydrogen-bond acceptors (Lipinski definition) is 2. The van der Waals surface area contributed by atoms with Gasteiger partial charge in [0.2, 0.25) is 0 Å². The maximum absolute atomic E-state index is 6.85. The third-order valence-corrected chi connectivity index (χ3v) is 12.1. The number of aromatic nitrogens is 2. The smallest absolute Gasteiger partial charge is 0.159 e. The summed E-state index contributed by atoms with van der Waals surface area (Å²) in [5, 5.41) is 9.29. The van der Waals surface area contributed by atoms with Crippen molar-refractivity contribution in [3.8, 4) is 33.6 Å². The summed E-state index contributed by atoms with van der Waals surface area (Å²) in [5.41, 5.74) is 14.9. The SMILES string of the molecule is c1ccc(-n2c3ccccc3c3c(-c4ccc5c6ccccc6n(-c6cccc7c6oc6ccc(-c8cccc9c8oc8ccccc89)cc67)c5c4)cccc32)cc1. The number of rotatable bonds is 4. The van der Waals surface area contributed by atoms with Crippen LogP contribution in [0.4, 0.5) is 0 Å². The molecule has 0 aliphatic rings. The molecular weight excluding hydrogens is 709 g/mol. The average Bonchev–Trinajstić information content (AvgIpc) is 4.04. The van der Waals surface area contributed by atoms with Crippen LogP contribution in [0.25, 0.3) is 121 Å². The monoisotopic (exact) mass is 740 g/mol. The van der Waals surface area contributed by atoms with Gasteiger partial charge in [-0.1, -0.05) is 133 Å². The van der Waals surface area contributed by atoms with E-state index < -0.39 is 0 Å². The van der Waals surface area contributed by atoms with Crippen LogP contribution >= 0.6 is 0 Å². The first-order chi connectivity index (χ1) is 28.8. The number of benzene rings is 9. The van der Waals surface area contributed by atoms with Gasteiger partial charge in [0.25, 0.3) is 0 Å². The van der Waals surface area contributed by atoms with E-state index in [4.69, 9.17) is 8.83 Å². The third-order valence-electron chi connectivity index (χ3n) is 12.1. The summed E-state index contributed by atoms with van der Waals surface area (Å²) < 4.78 is 18.1. The van der Waals surface area contributed by atoms with Gasteiger partial charge in [-0.2, -0.15) is 0 Å². The van der Waals surface area contributed by atoms with Crippen LogP contribution in [0, 0.1) is 0 Å². The molecule has 0 atom stereocenters. The Kier molecular flexibility index (Phi) is 6.41. The molecule has 0 saturated carbocycles. The molecule has 4 heterocycles. The molecule has 13 aromatic rings. The van der Waals surface area contributed by atoms with Crippen LogP contribution in [0.15, 0.2) is 203 Å². The fourth-order valence-corrected chi connectivity index (χ4v) is 9.61. The van der Waals surface area contributed by atoms with E-state index in [9.17, 15) is 0 Å². The second kappa shape index (κ2) is 11.8. The highest BCUT2D eigenvalue weighted by atomic mass is 16.3. The lowest BCUT2D eigenvalue weighted by atomic mass is 9.98. The molecule has 0 unspecified atom stereocenters. The minimum atomic E-state index is 0.853. The van der Waals surface area contributed by atoms with Crippen LogP contribution in [-0.4, -0.2) is 9.13 Å². The van der Waals surface area contributed by atoms with Crippen LogP contribution in [0.3, 0.4) is 0 Å². The quantitative estimate of drug-likeness (QED) is 0.180. The predicted octanol–water partition coefficient (Wildman–Crippen LogP) is 15.0. The molecule has 0 spiro atoms. The van der Waals surface area contributed by atoms with Gasteiger partial charge in [0.1, 0.15) is 16.7 Å². The Morgan fingerprint density at radius 2 is 0.897 bits per heavy atom. The number of hydrogen-bond donors (Lipinski definition) is 0. The molecular formula is C54H32N2O2. The molecule has 0 aliphatic heterocycles. The molecule has 0 N–H and O–H groups in total. The van der Waals surface area contributed by atoms with E-state index in [-0.39, 0.29) is 0 Å². The molecule has 4 aromatic heterocycles. The average molecular weight is 741 g/mol. The Bertz CT molecular complexity index is 3800. The molecule has 4 heteroatoms. The van der Waals surface area contributed by atoms with Gasteiger partial charge in [-0.05, 0) is 77.4 Å². The number of para-hydroxylation sites is 6. The first kappa shape index (κ1) is 31.4. The van der Waals surface area contributed by atoms with Crippen LogP contribution in [-0.2, 0) is 0 Å². The lowest BCUT2D eigenvalue weighted by molar-refractivity contribution is 0.666. The van der Waals surface area contributed by atoms with Gasteiger partial charge in [-0.15, -0.1) is 0 Å². The highest BCUT2D eigenvalue weighted by Gasteiger charge is 2.21. The molecule has 58 heavy (non-hydrogen) atoms. The summed E-state index contributed by atoms with van der Waals surface area (Å²) in [6, 6.07) is 69.4. The van der Waals surface area contributed by atoms with Crippen LogP contribution in [0.1, 0.15) is 0 Å². The summed E-state index contributed by atoms with van der Waals surface area (Å²) in [6.07, 6.45) is 0. The molecule has 13 rings (SSSR count). The Hall–Kier alpha value is -7.82. The molecule has 4 nitrogen and oxygen atoms in total. The second-order valence-corrected chi connectivity index (χ2v) is 15.2. The lowest BCUT2D eigenvalue weighted by Gasteiger charge is -2.11. The molecule has 0 amide bonds. The van der Waals surface area contributed by atoms with Crippen molar-refractivity contribution in [1.82, 2.24) is 9.13 Å². The molecule has 9 aromatic carbocycles. The maximum atomic E-state index is 6.85. The highest BCUT2D eigenvalue weighted by Crippen LogP contribution is 2.44. The van der Waals surface area contributed by atoms with Crippen LogP contribution < -0.4 is 0 Å². The molecule has 0 aliphatic carbocycles. The summed E-state index contributed by atoms with van der Waals surface area (Å²) in [4.78, 5) is 0. The van der Waals surface area contributed by atoms with Crippen molar-refractivity contribution < 1.29 is 8.83 Å². The Labute approximate surface area is 332 Å². The van der Waals surface area contributed by atoms with Gasteiger partial charge in [0.05, 0.1) is 27.8 Å². The highest BCUT2D eigenvalue weighted by molar-refractivity contribution is 6.18. The van der Waals surface area contributed by atoms with Crippen molar-refractivity contribution in [1.29, 1.82) is 0 Å². The Balaban J connectivity index is 1.03. The van der Waals surface area contributed by atoms with Gasteiger partial charge < -0.3 is 18.0 Å². The Morgan fingerprint density at radius 1 is 0.310 bits per heavy atom. The first-order valence-corrected chi connectivity index (χ1v) is 19.8. The molecule has 0 saturated heterocycles. The van der Waals surface area contributed by atoms with Crippen molar-refractivity contribution in [3.63, 3.8) is 0 Å². The van der Waals surface area contributed by atoms with Crippen molar-refractivity contribution in [2.75, 3.05) is 0 Å². The normalized spacial score (nSPS) is 12.1. The van der Waals surface area contributed by atoms with Gasteiger partial charge >= 0.3 is 0 Å². The van der Waals surface area contributed by atoms with Crippen LogP contribution in [0.5, 0.6) is 0 Å². The second-order valence-electron chi connectivity index (χ2n) is 15.2. The van der Waals surface area contributed by atoms with Gasteiger partial charge in [-0.25, -0.2) is 0 Å². The van der Waals surface area contributed by atoms with Gasteiger partial charge in [-0.3, -0.25) is 0 Å². The summed E-state index contributed by atoms with van der Waals surface area (Å²) >= 11 is 0. The lowest BCUT2D eigenvalue weighted by Crippen LogP contribution is -1.95. The van der Waals surface area contributed by atoms with E-state index >= 15 is 0 Å². The predicted molar refractivity (Wildman–Crippen MR) is 241 cm³/mol. The van der Waals surface area contributed by atoms with Gasteiger partial charge in [0.15, 0.2) is 5.58 Å². The topological polar surface area (TPSA) is 36.1 Å². The molecule has 0 radical (unpaired) electrons. The number of nitrogens with zero attached hydrogens (tertiary/aromatic N) is 2. The molecule has 0 bridgehead atoms. The van der Waals surface area contributed by atoms with Gasteiger partial charge in [0, 0.05) is 54.3 Å². The zero-order valence-corrected chi connectivity index (χ0v) is 31.2. The van der Waals surface area contributed by atoms with E-state index in [0.29, 0.717) is 0 Å². The fraction of sp³-hybridized carbons (Fsp3) is 0. The third kappa shape index (κ3) is 4.34. The van der Waals surface area contributed by atoms with E-state index in [1.807, 2.05) is 12.1 Å². The van der Waals surface area contributed by atoms with E-state index in [1.165, 1.54) is 43.7 Å². The fourth-order valence-electron chi connectivity index (χ4n) is 9.61. The minimum Gasteiger partial charge on any atom is -0.455 e. The standard InChI is InChI=1S/C54H32N2O2/c1-2-13-35(14-3-1)55-46-23-8-5-17-43(46)52-36(18-11-24-47(52)55)34-27-29-39-38-15-4-7-22-45(38)56(49(39)32-34)48-25-12-21-42-44-31-33(28-30-51(44)58-54(42)48)37-19-10-20-41-40-16-6-9-26-50(40)57-53(37)41/h1-32H. The van der Waals surface area contributed by atoms with E-state index in [2.05, 4.69) is 191 Å². The summed E-state index contributed by atoms with van der Waals surface area (Å²) in [6.45, 7) is 0. The Morgan fingerprint density at radius 3 is 1.78 bits per heavy atom. The number of furan rings is 2. The van der Waals surface area contributed by atoms with E-state index in [1.54, 1.807) is 0 Å². The molecule has 270 valence electrons. The van der Waals surface area contributed by atoms with E-state index in [0.717, 1.165) is 77.4 Å². The molecule has 0 fully saturated rings. The van der Waals surface area contributed by atoms with Crippen molar-refractivity contribution in [3.05, 3.63) is 194 Å². The summed E-state index contributed by atoms with van der Waals surface area (Å²) in [5.74, 6) is 0. The number of fused-ring (bicyclic) bond motifs is 12. The van der Waals surface area contributed by atoms with Crippen molar-refractivity contribution in [2.24, 2.45) is 0 Å².